The smallest absolute Gasteiger partial charge is 0.416 e. The van der Waals surface area contributed by atoms with E-state index in [2.05, 4.69) is 21.3 Å². The number of rotatable bonds is 22. The lowest BCUT2D eigenvalue weighted by atomic mass is 9.92. The third-order valence-electron chi connectivity index (χ3n) is 13.1. The van der Waals surface area contributed by atoms with E-state index in [1.807, 2.05) is 12.1 Å². The number of nitrogens with one attached hydrogen (secondary N) is 6. The lowest BCUT2D eigenvalue weighted by Gasteiger charge is -2.42. The van der Waals surface area contributed by atoms with Gasteiger partial charge in [0.05, 0.1) is 82.1 Å². The van der Waals surface area contributed by atoms with E-state index >= 15 is 0 Å². The fourth-order valence-corrected chi connectivity index (χ4v) is 9.09. The van der Waals surface area contributed by atoms with Crippen molar-refractivity contribution in [2.24, 2.45) is 11.5 Å². The number of guanidine groups is 2. The minimum atomic E-state index is -4.84. The maximum Gasteiger partial charge on any atom is 0.416 e. The van der Waals surface area contributed by atoms with Crippen LogP contribution in [-0.2, 0) is 41.0 Å². The van der Waals surface area contributed by atoms with Gasteiger partial charge < -0.3 is 56.9 Å². The Morgan fingerprint density at radius 1 is 0.595 bits per heavy atom. The highest BCUT2D eigenvalue weighted by Gasteiger charge is 2.46. The van der Waals surface area contributed by atoms with Gasteiger partial charge in [-0.15, -0.1) is 0 Å². The number of likely N-dealkylation sites (N-methyl/N-ethyl adjacent to an activating group) is 1. The Hall–Kier alpha value is -10.2. The predicted molar refractivity (Wildman–Crippen MR) is 291 cm³/mol. The van der Waals surface area contributed by atoms with E-state index in [-0.39, 0.29) is 109 Å². The fraction of sp³-hybridized carbons (Fsp3) is 0.309. The highest BCUT2D eigenvalue weighted by molar-refractivity contribution is 6.06. The summed E-state index contributed by atoms with van der Waals surface area (Å²) >= 11 is 0. The molecule has 4 aromatic carbocycles. The van der Waals surface area contributed by atoms with Crippen LogP contribution in [0.15, 0.2) is 120 Å². The minimum Gasteiger partial charge on any atom is -0.460 e. The Labute approximate surface area is 477 Å². The molecule has 6 rings (SSSR count). The van der Waals surface area contributed by atoms with Crippen LogP contribution in [0.2, 0.25) is 0 Å². The van der Waals surface area contributed by atoms with E-state index in [9.17, 15) is 65.6 Å². The monoisotopic (exact) mass is 1170 g/mol. The molecule has 29 heteroatoms. The van der Waals surface area contributed by atoms with Gasteiger partial charge in [0.25, 0.3) is 0 Å². The molecular formula is C55H57F6N15O8. The van der Waals surface area contributed by atoms with E-state index in [4.69, 9.17) is 31.8 Å². The molecule has 0 aliphatic carbocycles. The normalized spacial score (nSPS) is 15.5. The first kappa shape index (κ1) is 63.0. The lowest BCUT2D eigenvalue weighted by Crippen LogP contribution is -2.54. The Bertz CT molecular complexity index is 3110. The molecule has 4 aromatic rings. The summed E-state index contributed by atoms with van der Waals surface area (Å²) in [5.74, 6) is -4.49. The molecule has 10 N–H and O–H groups in total. The molecule has 0 saturated heterocycles. The van der Waals surface area contributed by atoms with Crippen molar-refractivity contribution in [2.45, 2.75) is 38.3 Å². The Balaban J connectivity index is 1.19. The number of nitrogens with two attached hydrogens (primary N) is 2. The lowest BCUT2D eigenvalue weighted by molar-refractivity contribution is -0.140. The molecule has 0 saturated carbocycles. The highest BCUT2D eigenvalue weighted by atomic mass is 19.4. The van der Waals surface area contributed by atoms with Crippen molar-refractivity contribution in [3.8, 4) is 12.1 Å². The van der Waals surface area contributed by atoms with Crippen molar-refractivity contribution >= 4 is 59.1 Å². The van der Waals surface area contributed by atoms with Crippen LogP contribution in [0.1, 0.15) is 59.3 Å². The van der Waals surface area contributed by atoms with Crippen molar-refractivity contribution in [1.82, 2.24) is 36.0 Å². The molecular weight excluding hydrogens is 1110 g/mol. The summed E-state index contributed by atoms with van der Waals surface area (Å²) in [5.41, 5.74) is 7.96. The van der Waals surface area contributed by atoms with E-state index < -0.39 is 96.4 Å². The molecule has 2 aliphatic rings. The molecule has 2 heterocycles. The van der Waals surface area contributed by atoms with Crippen LogP contribution in [0, 0.1) is 33.5 Å². The van der Waals surface area contributed by atoms with Gasteiger partial charge in [-0.1, -0.05) is 36.4 Å². The van der Waals surface area contributed by atoms with Crippen LogP contribution in [-0.4, -0.2) is 135 Å². The highest BCUT2D eigenvalue weighted by Crippen LogP contribution is 2.43. The van der Waals surface area contributed by atoms with Gasteiger partial charge in [-0.3, -0.25) is 30.2 Å². The third kappa shape index (κ3) is 15.6. The molecule has 0 spiro atoms. The first-order valence-electron chi connectivity index (χ1n) is 25.4. The predicted octanol–water partition coefficient (Wildman–Crippen LogP) is 4.90. The summed E-state index contributed by atoms with van der Waals surface area (Å²) < 4.78 is 95.1. The number of ether oxygens (including phenoxy) is 2. The second kappa shape index (κ2) is 27.5. The first-order valence-corrected chi connectivity index (χ1v) is 25.4. The number of hydrogen-bond acceptors (Lipinski definition) is 13. The number of halogens is 6. The molecule has 6 amide bonds. The van der Waals surface area contributed by atoms with Gasteiger partial charge in [-0.2, -0.15) is 36.9 Å². The second-order valence-electron chi connectivity index (χ2n) is 18.8. The number of amides is 6. The van der Waals surface area contributed by atoms with E-state index in [0.717, 1.165) is 43.9 Å². The summed E-state index contributed by atoms with van der Waals surface area (Å²) in [7, 11) is 1.62. The number of esters is 2. The van der Waals surface area contributed by atoms with Gasteiger partial charge >= 0.3 is 36.4 Å². The number of carbonyl (C=O) groups is 6. The molecule has 0 radical (unpaired) electrons. The number of urea groups is 2. The Kier molecular flexibility index (Phi) is 20.7. The van der Waals surface area contributed by atoms with Crippen molar-refractivity contribution in [3.05, 3.63) is 153 Å². The van der Waals surface area contributed by atoms with Crippen molar-refractivity contribution in [2.75, 3.05) is 82.4 Å². The molecule has 0 unspecified atom stereocenters. The van der Waals surface area contributed by atoms with Crippen molar-refractivity contribution in [3.63, 3.8) is 0 Å². The van der Waals surface area contributed by atoms with Crippen LogP contribution >= 0.6 is 0 Å². The SMILES string of the molecule is CC1=C(C(=O)OCCNC(=N)N)[C@@H](c2ccc(C#N)cc2)N(CC(=O)NCCN(C)CCNC(=O)CN2C(=O)N(c3cccc(C(F)(F)F)c3)C(C)=C(C(=O)OCCNC(=N)N)[C@H]2c2ccc(C#N)cc2)C(=O)N1c1cccc(C(F)(F)F)c1. The fourth-order valence-electron chi connectivity index (χ4n) is 9.09. The number of anilines is 2. The molecule has 84 heavy (non-hydrogen) atoms. The topological polar surface area (TPSA) is 333 Å². The molecule has 0 aromatic heterocycles. The van der Waals surface area contributed by atoms with Crippen LogP contribution in [0.25, 0.3) is 0 Å². The van der Waals surface area contributed by atoms with Gasteiger partial charge in [0, 0.05) is 37.6 Å². The average molecular weight is 1170 g/mol. The van der Waals surface area contributed by atoms with Gasteiger partial charge in [0.15, 0.2) is 11.9 Å². The number of alkyl halides is 6. The zero-order valence-electron chi connectivity index (χ0n) is 45.3. The van der Waals surface area contributed by atoms with Gasteiger partial charge in [0.2, 0.25) is 11.8 Å². The van der Waals surface area contributed by atoms with Crippen LogP contribution in [0.3, 0.4) is 0 Å². The number of carbonyl (C=O) groups excluding carboxylic acids is 6. The molecule has 0 fully saturated rings. The molecule has 2 aliphatic heterocycles. The zero-order valence-corrected chi connectivity index (χ0v) is 45.3. The minimum absolute atomic E-state index is 0.0909. The summed E-state index contributed by atoms with van der Waals surface area (Å²) in [6.45, 7) is 0.178. The number of nitriles is 2. The summed E-state index contributed by atoms with van der Waals surface area (Å²) in [5, 5.41) is 44.2. The average Bonchev–Trinajstić information content (AvgIpc) is 1.43. The Morgan fingerprint density at radius 3 is 1.27 bits per heavy atom. The molecule has 442 valence electrons. The van der Waals surface area contributed by atoms with Gasteiger partial charge in [-0.25, -0.2) is 19.2 Å². The van der Waals surface area contributed by atoms with E-state index in [0.29, 0.717) is 12.1 Å². The van der Waals surface area contributed by atoms with Crippen LogP contribution in [0.5, 0.6) is 0 Å². The van der Waals surface area contributed by atoms with Crippen molar-refractivity contribution in [1.29, 1.82) is 21.3 Å². The van der Waals surface area contributed by atoms with E-state index in [1.54, 1.807) is 11.9 Å². The third-order valence-corrected chi connectivity index (χ3v) is 13.1. The van der Waals surface area contributed by atoms with Crippen LogP contribution < -0.4 is 42.5 Å². The number of nitrogens with zero attached hydrogens (tertiary/aromatic N) is 7. The molecule has 23 nitrogen and oxygen atoms in total. The summed E-state index contributed by atoms with van der Waals surface area (Å²) in [6.07, 6.45) is -9.68. The van der Waals surface area contributed by atoms with Crippen molar-refractivity contribution < 1.29 is 64.6 Å². The maximum absolute atomic E-state index is 14.7. The zero-order chi connectivity index (χ0) is 61.6. The van der Waals surface area contributed by atoms with E-state index in [1.165, 1.54) is 74.5 Å². The number of hydrogen-bond donors (Lipinski definition) is 8. The molecule has 2 atom stereocenters. The first-order chi connectivity index (χ1) is 39.7. The second-order valence-corrected chi connectivity index (χ2v) is 18.8. The number of benzene rings is 4. The summed E-state index contributed by atoms with van der Waals surface area (Å²) in [4.78, 5) is 90.6. The summed E-state index contributed by atoms with van der Waals surface area (Å²) in [6, 6.07) is 18.0. The quantitative estimate of drug-likeness (QED) is 0.0171. The van der Waals surface area contributed by atoms with Gasteiger partial charge in [-0.05, 0) is 92.7 Å². The maximum atomic E-state index is 14.7. The van der Waals surface area contributed by atoms with Gasteiger partial charge in [0.1, 0.15) is 26.3 Å². The molecule has 0 bridgehead atoms. The van der Waals surface area contributed by atoms with Crippen LogP contribution in [0.4, 0.5) is 47.3 Å². The Morgan fingerprint density at radius 2 is 0.952 bits per heavy atom. The number of allylic oxidation sites excluding steroid dienone is 2. The largest absolute Gasteiger partial charge is 0.460 e. The standard InChI is InChI=1S/C55H57F6N15O8/c1-32-44(48(79)83-24-20-70-50(64)65)46(36-14-10-34(28-62)11-15-36)73(52(81)75(32)40-8-4-6-38(26-40)54(56,57)58)30-42(77)68-18-22-72(3)23-19-69-43(78)31-74-47(37-16-12-35(29-63)13-17-37)45(49(80)84-25-21-71-51(66)67)33(2)76(53(74)82)41-9-5-7-39(27-41)55(59,60)61/h4-17,26-27,46-47H,18-25,30-31H2,1-3H3,(H,68,77)(H,69,78)(H4,64,65,70)(H4,66,67,71)/t46-,47-/m1/s1.